The first-order chi connectivity index (χ1) is 25.6. The zero-order valence-electron chi connectivity index (χ0n) is 29.0. The third kappa shape index (κ3) is 5.40. The van der Waals surface area contributed by atoms with Gasteiger partial charge in [-0.05, 0) is 118 Å². The van der Waals surface area contributed by atoms with Crippen LogP contribution in [-0.2, 0) is 5.41 Å². The van der Waals surface area contributed by atoms with Crippen LogP contribution in [0.15, 0.2) is 140 Å². The molecule has 4 aliphatic carbocycles. The fraction of sp³-hybridized carbons (Fsp3) is 0.208. The summed E-state index contributed by atoms with van der Waals surface area (Å²) < 4.78 is 0. The molecule has 0 unspecified atom stereocenters. The Morgan fingerprint density at radius 2 is 1.08 bits per heavy atom. The highest BCUT2D eigenvalue weighted by Crippen LogP contribution is 2.60. The number of hydrogen-bond acceptors (Lipinski definition) is 4. The van der Waals surface area contributed by atoms with Gasteiger partial charge >= 0.3 is 0 Å². The van der Waals surface area contributed by atoms with Crippen LogP contribution in [0.5, 0.6) is 0 Å². The quantitative estimate of drug-likeness (QED) is 0.177. The van der Waals surface area contributed by atoms with Crippen molar-refractivity contribution in [1.29, 1.82) is 5.26 Å². The van der Waals surface area contributed by atoms with Gasteiger partial charge in [-0.1, -0.05) is 121 Å². The summed E-state index contributed by atoms with van der Waals surface area (Å²) in [5, 5.41) is 11.6. The minimum absolute atomic E-state index is 0.376. The lowest BCUT2D eigenvalue weighted by Gasteiger charge is -2.57. The Labute approximate surface area is 304 Å². The fourth-order valence-electron chi connectivity index (χ4n) is 10.2. The molecule has 0 N–H and O–H groups in total. The molecule has 1 aromatic heterocycles. The lowest BCUT2D eigenvalue weighted by Crippen LogP contribution is -2.48. The van der Waals surface area contributed by atoms with Crippen molar-refractivity contribution < 1.29 is 0 Å². The van der Waals surface area contributed by atoms with E-state index < -0.39 is 0 Å². The van der Waals surface area contributed by atoms with Crippen molar-refractivity contribution in [3.05, 3.63) is 151 Å². The van der Waals surface area contributed by atoms with E-state index in [1.54, 1.807) is 5.56 Å². The second-order valence-electron chi connectivity index (χ2n) is 15.4. The van der Waals surface area contributed by atoms with E-state index in [-0.39, 0.29) is 0 Å². The average molecular weight is 671 g/mol. The summed E-state index contributed by atoms with van der Waals surface area (Å²) in [5.41, 5.74) is 9.90. The highest BCUT2D eigenvalue weighted by molar-refractivity contribution is 5.97. The molecule has 0 saturated heterocycles. The van der Waals surface area contributed by atoms with E-state index in [0.717, 1.165) is 61.9 Å². The molecule has 4 heteroatoms. The molecule has 250 valence electrons. The first-order valence-corrected chi connectivity index (χ1v) is 18.7. The second kappa shape index (κ2) is 12.4. The molecule has 1 heterocycles. The smallest absolute Gasteiger partial charge is 0.164 e. The molecular weight excluding hydrogens is 633 g/mol. The van der Waals surface area contributed by atoms with Crippen molar-refractivity contribution in [2.45, 2.75) is 43.9 Å². The third-order valence-electron chi connectivity index (χ3n) is 12.1. The topological polar surface area (TPSA) is 62.5 Å². The van der Waals surface area contributed by atoms with Gasteiger partial charge in [0, 0.05) is 16.7 Å². The van der Waals surface area contributed by atoms with Crippen molar-refractivity contribution in [2.24, 2.45) is 17.8 Å². The number of fused-ring (bicyclic) bond motifs is 1. The maximum Gasteiger partial charge on any atom is 0.164 e. The monoisotopic (exact) mass is 670 g/mol. The molecule has 0 amide bonds. The van der Waals surface area contributed by atoms with E-state index in [9.17, 15) is 5.26 Å². The van der Waals surface area contributed by atoms with Gasteiger partial charge in [0.15, 0.2) is 17.5 Å². The fourth-order valence-corrected chi connectivity index (χ4v) is 10.2. The van der Waals surface area contributed by atoms with Gasteiger partial charge in [-0.3, -0.25) is 0 Å². The van der Waals surface area contributed by atoms with Crippen LogP contribution >= 0.6 is 0 Å². The van der Waals surface area contributed by atoms with Gasteiger partial charge in [0.1, 0.15) is 0 Å². The largest absolute Gasteiger partial charge is 0.208 e. The van der Waals surface area contributed by atoms with Crippen LogP contribution in [0.25, 0.3) is 67.2 Å². The Kier molecular flexibility index (Phi) is 7.35. The molecule has 52 heavy (non-hydrogen) atoms. The summed E-state index contributed by atoms with van der Waals surface area (Å²) in [6, 6.07) is 51.0. The predicted molar refractivity (Wildman–Crippen MR) is 209 cm³/mol. The van der Waals surface area contributed by atoms with Gasteiger partial charge in [-0.2, -0.15) is 5.26 Å². The summed E-state index contributed by atoms with van der Waals surface area (Å²) >= 11 is 0. The van der Waals surface area contributed by atoms with Gasteiger partial charge in [-0.25, -0.2) is 15.0 Å². The third-order valence-corrected chi connectivity index (χ3v) is 12.1. The Hall–Kier alpha value is -5.92. The number of rotatable bonds is 6. The molecule has 6 aromatic carbocycles. The first kappa shape index (κ1) is 30.9. The maximum absolute atomic E-state index is 9.47. The Morgan fingerprint density at radius 1 is 0.481 bits per heavy atom. The number of hydrogen-bond donors (Lipinski definition) is 0. The van der Waals surface area contributed by atoms with E-state index in [0.29, 0.717) is 28.5 Å². The summed E-state index contributed by atoms with van der Waals surface area (Å²) in [6.45, 7) is 0. The lowest BCUT2D eigenvalue weighted by atomic mass is 9.48. The van der Waals surface area contributed by atoms with Crippen molar-refractivity contribution in [2.75, 3.05) is 0 Å². The van der Waals surface area contributed by atoms with Gasteiger partial charge in [-0.15, -0.1) is 0 Å². The molecule has 0 radical (unpaired) electrons. The van der Waals surface area contributed by atoms with Crippen LogP contribution in [0.2, 0.25) is 0 Å². The van der Waals surface area contributed by atoms with Crippen LogP contribution in [0.4, 0.5) is 0 Å². The van der Waals surface area contributed by atoms with Gasteiger partial charge < -0.3 is 0 Å². The molecule has 0 aliphatic heterocycles. The molecule has 11 rings (SSSR count). The van der Waals surface area contributed by atoms with Gasteiger partial charge in [0.2, 0.25) is 0 Å². The lowest BCUT2D eigenvalue weighted by molar-refractivity contribution is -0.00518. The van der Waals surface area contributed by atoms with Gasteiger partial charge in [0.25, 0.3) is 0 Å². The van der Waals surface area contributed by atoms with E-state index in [2.05, 4.69) is 103 Å². The normalized spacial score (nSPS) is 21.6. The van der Waals surface area contributed by atoms with Crippen molar-refractivity contribution in [1.82, 2.24) is 15.0 Å². The van der Waals surface area contributed by atoms with Crippen molar-refractivity contribution >= 4 is 10.8 Å². The van der Waals surface area contributed by atoms with E-state index in [1.807, 2.05) is 42.5 Å². The Morgan fingerprint density at radius 3 is 1.81 bits per heavy atom. The minimum atomic E-state index is 0.376. The number of benzene rings is 6. The zero-order valence-corrected chi connectivity index (χ0v) is 29.0. The molecule has 4 nitrogen and oxygen atoms in total. The second-order valence-corrected chi connectivity index (χ2v) is 15.4. The zero-order chi connectivity index (χ0) is 34.6. The molecular formula is C48H38N4. The molecule has 0 atom stereocenters. The van der Waals surface area contributed by atoms with E-state index in [1.165, 1.54) is 44.1 Å². The van der Waals surface area contributed by atoms with Crippen LogP contribution in [0.3, 0.4) is 0 Å². The molecule has 7 aromatic rings. The van der Waals surface area contributed by atoms with Crippen LogP contribution < -0.4 is 0 Å². The molecule has 4 bridgehead atoms. The first-order valence-electron chi connectivity index (χ1n) is 18.7. The van der Waals surface area contributed by atoms with Gasteiger partial charge in [0.05, 0.1) is 11.6 Å². The summed E-state index contributed by atoms with van der Waals surface area (Å²) in [7, 11) is 0. The number of aromatic nitrogens is 3. The van der Waals surface area contributed by atoms with Crippen molar-refractivity contribution in [3.8, 4) is 62.5 Å². The van der Waals surface area contributed by atoms with Crippen molar-refractivity contribution in [3.63, 3.8) is 0 Å². The average Bonchev–Trinajstić information content (AvgIpc) is 3.20. The SMILES string of the molecule is N#Cc1ccc2c(-c3cccc(-c4nc(-c5ccccc5)nc(-c5ccccc5-c5ccc(C67CC8CC(CC(C8)C6)C7)cc5)n4)c3)cccc2c1. The standard InChI is InChI=1S/C48H38N4/c49-30-31-16-21-43-37(25-31)11-7-15-42(43)38-10-6-12-39(26-38)46-50-45(36-8-2-1-3-9-36)51-47(52-46)44-14-5-4-13-41(44)35-17-19-40(20-18-35)48-27-32-22-33(28-48)24-34(23-32)29-48/h1-21,25-26,32-34H,22-24,27-29H2. The molecule has 4 aliphatic rings. The van der Waals surface area contributed by atoms with Crippen LogP contribution in [-0.4, -0.2) is 15.0 Å². The summed E-state index contributed by atoms with van der Waals surface area (Å²) in [6.07, 6.45) is 8.49. The van der Waals surface area contributed by atoms with Crippen LogP contribution in [0.1, 0.15) is 49.7 Å². The van der Waals surface area contributed by atoms with E-state index >= 15 is 0 Å². The van der Waals surface area contributed by atoms with E-state index in [4.69, 9.17) is 15.0 Å². The molecule has 4 saturated carbocycles. The molecule has 0 spiro atoms. The Bertz CT molecular complexity index is 2480. The highest BCUT2D eigenvalue weighted by atomic mass is 15.0. The Balaban J connectivity index is 1.06. The molecule has 4 fully saturated rings. The summed E-state index contributed by atoms with van der Waals surface area (Å²) in [4.78, 5) is 15.4. The summed E-state index contributed by atoms with van der Waals surface area (Å²) in [5.74, 6) is 4.71. The number of nitrogens with zero attached hydrogens (tertiary/aromatic N) is 4. The minimum Gasteiger partial charge on any atom is -0.208 e. The van der Waals surface area contributed by atoms with Crippen LogP contribution in [0, 0.1) is 29.1 Å². The number of nitriles is 1. The highest BCUT2D eigenvalue weighted by Gasteiger charge is 2.51. The predicted octanol–water partition coefficient (Wildman–Crippen LogP) is 11.7. The maximum atomic E-state index is 9.47.